The molecule has 114 valence electrons. The summed E-state index contributed by atoms with van der Waals surface area (Å²) in [7, 11) is -2.02. The molecule has 0 saturated carbocycles. The Morgan fingerprint density at radius 2 is 2.14 bits per heavy atom. The van der Waals surface area contributed by atoms with E-state index in [1.165, 1.54) is 15.6 Å². The number of rotatable bonds is 5. The van der Waals surface area contributed by atoms with Gasteiger partial charge in [-0.2, -0.15) is 4.31 Å². The molecule has 5 nitrogen and oxygen atoms in total. The number of nitrogens with zero attached hydrogens (tertiary/aromatic N) is 2. The van der Waals surface area contributed by atoms with Gasteiger partial charge in [0.2, 0.25) is 10.0 Å². The minimum atomic E-state index is -3.59. The van der Waals surface area contributed by atoms with Gasteiger partial charge in [-0.25, -0.2) is 13.4 Å². The number of hydrogen-bond donors (Lipinski definition) is 1. The molecule has 2 aromatic rings. The van der Waals surface area contributed by atoms with E-state index in [1.54, 1.807) is 30.8 Å². The molecule has 21 heavy (non-hydrogen) atoms. The largest absolute Gasteiger partial charge is 0.326 e. The van der Waals surface area contributed by atoms with Crippen molar-refractivity contribution in [3.05, 3.63) is 44.3 Å². The molecule has 0 saturated heterocycles. The topological polar surface area (TPSA) is 76.3 Å². The maximum absolute atomic E-state index is 12.7. The van der Waals surface area contributed by atoms with Crippen LogP contribution in [0, 0.1) is 6.92 Å². The van der Waals surface area contributed by atoms with E-state index in [0.29, 0.717) is 17.6 Å². The number of aryl methyl sites for hydroxylation is 1. The van der Waals surface area contributed by atoms with E-state index < -0.39 is 10.0 Å². The Bertz CT molecular complexity index is 744. The molecule has 0 aliphatic carbocycles. The third kappa shape index (κ3) is 3.51. The fourth-order valence-electron chi connectivity index (χ4n) is 1.81. The lowest BCUT2D eigenvalue weighted by atomic mass is 10.2. The van der Waals surface area contributed by atoms with E-state index in [2.05, 4.69) is 20.9 Å². The molecule has 1 heterocycles. The average Bonchev–Trinajstić information content (AvgIpc) is 2.84. The Kier molecular flexibility index (Phi) is 5.15. The normalized spacial score (nSPS) is 12.0. The molecule has 0 bridgehead atoms. The van der Waals surface area contributed by atoms with Gasteiger partial charge in [0.1, 0.15) is 0 Å². The standard InChI is InChI=1S/C13H16BrN3O2S2/c1-9-12(20-8-16-9)7-17(2)21(18,19)13-5-10(6-15)3-4-11(13)14/h3-5,8H,6-7,15H2,1-2H3. The highest BCUT2D eigenvalue weighted by atomic mass is 79.9. The molecular weight excluding hydrogens is 374 g/mol. The molecule has 0 spiro atoms. The van der Waals surface area contributed by atoms with Crippen molar-refractivity contribution >= 4 is 37.3 Å². The number of nitrogens with two attached hydrogens (primary N) is 1. The number of aromatic nitrogens is 1. The van der Waals surface area contributed by atoms with Crippen molar-refractivity contribution in [2.75, 3.05) is 7.05 Å². The van der Waals surface area contributed by atoms with Crippen LogP contribution in [0.25, 0.3) is 0 Å². The molecule has 0 amide bonds. The molecule has 2 N–H and O–H groups in total. The summed E-state index contributed by atoms with van der Waals surface area (Å²) in [6, 6.07) is 5.12. The van der Waals surface area contributed by atoms with Gasteiger partial charge in [0, 0.05) is 29.5 Å². The van der Waals surface area contributed by atoms with Crippen molar-refractivity contribution in [1.29, 1.82) is 0 Å². The van der Waals surface area contributed by atoms with E-state index in [1.807, 2.05) is 6.92 Å². The van der Waals surface area contributed by atoms with Crippen molar-refractivity contribution in [2.24, 2.45) is 5.73 Å². The van der Waals surface area contributed by atoms with Crippen LogP contribution in [0.5, 0.6) is 0 Å². The first-order chi connectivity index (χ1) is 9.86. The molecule has 8 heteroatoms. The maximum Gasteiger partial charge on any atom is 0.244 e. The molecular formula is C13H16BrN3O2S2. The molecule has 1 aromatic heterocycles. The average molecular weight is 390 g/mol. The lowest BCUT2D eigenvalue weighted by molar-refractivity contribution is 0.468. The third-order valence-electron chi connectivity index (χ3n) is 3.13. The zero-order valence-electron chi connectivity index (χ0n) is 11.7. The van der Waals surface area contributed by atoms with E-state index >= 15 is 0 Å². The summed E-state index contributed by atoms with van der Waals surface area (Å²) in [6.45, 7) is 2.48. The Labute approximate surface area is 137 Å². The summed E-state index contributed by atoms with van der Waals surface area (Å²) in [4.78, 5) is 5.31. The second kappa shape index (κ2) is 6.53. The number of halogens is 1. The Balaban J connectivity index is 2.35. The molecule has 0 atom stereocenters. The summed E-state index contributed by atoms with van der Waals surface area (Å²) in [6.07, 6.45) is 0. The quantitative estimate of drug-likeness (QED) is 0.851. The number of thiazole rings is 1. The van der Waals surface area contributed by atoms with E-state index in [9.17, 15) is 8.42 Å². The molecule has 0 unspecified atom stereocenters. The number of sulfonamides is 1. The van der Waals surface area contributed by atoms with Crippen LogP contribution in [0.2, 0.25) is 0 Å². The molecule has 1 aromatic carbocycles. The highest BCUT2D eigenvalue weighted by Crippen LogP contribution is 2.27. The summed E-state index contributed by atoms with van der Waals surface area (Å²) >= 11 is 4.75. The summed E-state index contributed by atoms with van der Waals surface area (Å²) in [5.74, 6) is 0. The minimum absolute atomic E-state index is 0.232. The highest BCUT2D eigenvalue weighted by Gasteiger charge is 2.24. The Morgan fingerprint density at radius 1 is 1.43 bits per heavy atom. The fourth-order valence-corrected chi connectivity index (χ4v) is 4.83. The van der Waals surface area contributed by atoms with Gasteiger partial charge in [-0.05, 0) is 40.5 Å². The molecule has 0 aliphatic heterocycles. The molecule has 0 fully saturated rings. The Morgan fingerprint density at radius 3 is 2.71 bits per heavy atom. The Hall–Kier alpha value is -0.800. The van der Waals surface area contributed by atoms with Crippen molar-refractivity contribution in [3.63, 3.8) is 0 Å². The smallest absolute Gasteiger partial charge is 0.244 e. The van der Waals surface area contributed by atoms with Gasteiger partial charge in [-0.3, -0.25) is 0 Å². The fraction of sp³-hybridized carbons (Fsp3) is 0.308. The van der Waals surface area contributed by atoms with Crippen LogP contribution in [0.15, 0.2) is 33.1 Å². The maximum atomic E-state index is 12.7. The van der Waals surface area contributed by atoms with Gasteiger partial charge < -0.3 is 5.73 Å². The SMILES string of the molecule is Cc1ncsc1CN(C)S(=O)(=O)c1cc(CN)ccc1Br. The van der Waals surface area contributed by atoms with Crippen LogP contribution in [-0.2, 0) is 23.1 Å². The third-order valence-corrected chi connectivity index (χ3v) is 6.85. The van der Waals surface area contributed by atoms with E-state index in [-0.39, 0.29) is 4.90 Å². The van der Waals surface area contributed by atoms with E-state index in [0.717, 1.165) is 16.1 Å². The summed E-state index contributed by atoms with van der Waals surface area (Å²) in [5, 5.41) is 0. The van der Waals surface area contributed by atoms with Crippen molar-refractivity contribution < 1.29 is 8.42 Å². The molecule has 0 radical (unpaired) electrons. The summed E-state index contributed by atoms with van der Waals surface area (Å²) < 4.78 is 27.3. The lowest BCUT2D eigenvalue weighted by Gasteiger charge is -2.18. The second-order valence-electron chi connectivity index (χ2n) is 4.59. The van der Waals surface area contributed by atoms with Crippen molar-refractivity contribution in [3.8, 4) is 0 Å². The molecule has 2 rings (SSSR count). The van der Waals surface area contributed by atoms with Crippen molar-refractivity contribution in [1.82, 2.24) is 9.29 Å². The van der Waals surface area contributed by atoms with Crippen LogP contribution in [0.1, 0.15) is 16.1 Å². The van der Waals surface area contributed by atoms with Gasteiger partial charge in [0.05, 0.1) is 16.1 Å². The second-order valence-corrected chi connectivity index (χ2v) is 8.40. The highest BCUT2D eigenvalue weighted by molar-refractivity contribution is 9.10. The van der Waals surface area contributed by atoms with Crippen LogP contribution < -0.4 is 5.73 Å². The van der Waals surface area contributed by atoms with Gasteiger partial charge in [0.25, 0.3) is 0 Å². The van der Waals surface area contributed by atoms with Crippen LogP contribution in [0.4, 0.5) is 0 Å². The first kappa shape index (κ1) is 16.6. The minimum Gasteiger partial charge on any atom is -0.326 e. The van der Waals surface area contributed by atoms with Crippen LogP contribution in [-0.4, -0.2) is 24.8 Å². The predicted octanol–water partition coefficient (Wildman–Crippen LogP) is 2.49. The number of benzene rings is 1. The molecule has 0 aliphatic rings. The lowest BCUT2D eigenvalue weighted by Crippen LogP contribution is -2.27. The predicted molar refractivity (Wildman–Crippen MR) is 87.5 cm³/mol. The zero-order valence-corrected chi connectivity index (χ0v) is 14.9. The van der Waals surface area contributed by atoms with Gasteiger partial charge >= 0.3 is 0 Å². The first-order valence-electron chi connectivity index (χ1n) is 6.20. The van der Waals surface area contributed by atoms with Gasteiger partial charge in [-0.1, -0.05) is 6.07 Å². The van der Waals surface area contributed by atoms with Gasteiger partial charge in [-0.15, -0.1) is 11.3 Å². The monoisotopic (exact) mass is 389 g/mol. The van der Waals surface area contributed by atoms with Gasteiger partial charge in [0.15, 0.2) is 0 Å². The van der Waals surface area contributed by atoms with E-state index in [4.69, 9.17) is 5.73 Å². The zero-order chi connectivity index (χ0) is 15.6. The first-order valence-corrected chi connectivity index (χ1v) is 9.31. The summed E-state index contributed by atoms with van der Waals surface area (Å²) in [5.41, 5.74) is 8.94. The number of hydrogen-bond acceptors (Lipinski definition) is 5. The van der Waals surface area contributed by atoms with Crippen LogP contribution >= 0.6 is 27.3 Å². The van der Waals surface area contributed by atoms with Crippen LogP contribution in [0.3, 0.4) is 0 Å². The van der Waals surface area contributed by atoms with Crippen molar-refractivity contribution in [2.45, 2.75) is 24.9 Å².